The van der Waals surface area contributed by atoms with Crippen molar-refractivity contribution in [3.63, 3.8) is 0 Å². The summed E-state index contributed by atoms with van der Waals surface area (Å²) in [5.41, 5.74) is 0. The van der Waals surface area contributed by atoms with Gasteiger partial charge in [-0.25, -0.2) is 0 Å². The Bertz CT molecular complexity index is 874. The van der Waals surface area contributed by atoms with E-state index in [2.05, 4.69) is 27.7 Å². The molecule has 0 N–H and O–H groups in total. The van der Waals surface area contributed by atoms with Gasteiger partial charge in [-0.1, -0.05) is 252 Å². The zero-order valence-corrected chi connectivity index (χ0v) is 39.5. The quantitative estimate of drug-likeness (QED) is 0.0346. The summed E-state index contributed by atoms with van der Waals surface area (Å²) >= 11 is 0. The van der Waals surface area contributed by atoms with Crippen LogP contribution >= 0.6 is 0 Å². The molecule has 6 heteroatoms. The number of esters is 3. The van der Waals surface area contributed by atoms with Crippen molar-refractivity contribution < 1.29 is 28.6 Å². The van der Waals surface area contributed by atoms with Crippen LogP contribution in [0.2, 0.25) is 0 Å². The Morgan fingerprint density at radius 3 is 0.897 bits per heavy atom. The molecule has 0 aliphatic rings. The van der Waals surface area contributed by atoms with E-state index in [4.69, 9.17) is 14.2 Å². The van der Waals surface area contributed by atoms with Crippen molar-refractivity contribution in [1.29, 1.82) is 0 Å². The van der Waals surface area contributed by atoms with E-state index in [0.717, 1.165) is 63.7 Å². The van der Waals surface area contributed by atoms with E-state index in [-0.39, 0.29) is 31.1 Å². The predicted octanol–water partition coefficient (Wildman–Crippen LogP) is 16.7. The van der Waals surface area contributed by atoms with Crippen molar-refractivity contribution >= 4 is 17.9 Å². The third-order valence-electron chi connectivity index (χ3n) is 12.2. The molecule has 0 aromatic rings. The highest BCUT2D eigenvalue weighted by molar-refractivity contribution is 5.71. The van der Waals surface area contributed by atoms with Gasteiger partial charge in [0, 0.05) is 19.3 Å². The van der Waals surface area contributed by atoms with Gasteiger partial charge in [-0.3, -0.25) is 14.4 Å². The third-order valence-corrected chi connectivity index (χ3v) is 12.2. The molecular formula is C52H100O6. The van der Waals surface area contributed by atoms with Gasteiger partial charge in [-0.05, 0) is 25.2 Å². The summed E-state index contributed by atoms with van der Waals surface area (Å²) in [6.07, 6.45) is 48.0. The number of hydrogen-bond donors (Lipinski definition) is 0. The molecule has 0 aliphatic carbocycles. The van der Waals surface area contributed by atoms with Crippen molar-refractivity contribution in [2.24, 2.45) is 5.92 Å². The summed E-state index contributed by atoms with van der Waals surface area (Å²) in [7, 11) is 0. The van der Waals surface area contributed by atoms with E-state index in [1.54, 1.807) is 0 Å². The molecule has 0 aliphatic heterocycles. The molecule has 0 spiro atoms. The molecule has 0 aromatic carbocycles. The first kappa shape index (κ1) is 56.4. The molecule has 0 aromatic heterocycles. The lowest BCUT2D eigenvalue weighted by atomic mass is 10.00. The van der Waals surface area contributed by atoms with Crippen molar-refractivity contribution in [3.05, 3.63) is 0 Å². The van der Waals surface area contributed by atoms with E-state index < -0.39 is 6.10 Å². The van der Waals surface area contributed by atoms with Crippen molar-refractivity contribution in [2.45, 2.75) is 297 Å². The van der Waals surface area contributed by atoms with Crippen LogP contribution in [0, 0.1) is 5.92 Å². The molecule has 0 radical (unpaired) electrons. The summed E-state index contributed by atoms with van der Waals surface area (Å²) < 4.78 is 16.8. The maximum absolute atomic E-state index is 12.8. The van der Waals surface area contributed by atoms with Crippen LogP contribution in [0.4, 0.5) is 0 Å². The van der Waals surface area contributed by atoms with E-state index in [0.29, 0.717) is 19.3 Å². The third kappa shape index (κ3) is 44.0. The van der Waals surface area contributed by atoms with E-state index >= 15 is 0 Å². The highest BCUT2D eigenvalue weighted by Gasteiger charge is 2.19. The highest BCUT2D eigenvalue weighted by atomic mass is 16.6. The largest absolute Gasteiger partial charge is 0.462 e. The standard InChI is InChI=1S/C52H100O6/c1-5-8-10-12-14-16-18-20-22-24-26-28-30-35-39-43-50(53)56-46-49(47-57-51(54)44-40-36-33-32-34-38-42-48(4)7-3)58-52(55)45-41-37-31-29-27-25-23-21-19-17-15-13-11-9-6-2/h48-49H,5-47H2,1-4H3/t48?,49-/m1/s1. The number of rotatable bonds is 47. The summed E-state index contributed by atoms with van der Waals surface area (Å²) in [6.45, 7) is 9.00. The lowest BCUT2D eigenvalue weighted by molar-refractivity contribution is -0.167. The minimum Gasteiger partial charge on any atom is -0.462 e. The maximum atomic E-state index is 12.8. The Balaban J connectivity index is 4.29. The van der Waals surface area contributed by atoms with Crippen molar-refractivity contribution in [3.8, 4) is 0 Å². The van der Waals surface area contributed by atoms with Crippen LogP contribution in [0.25, 0.3) is 0 Å². The molecule has 0 saturated heterocycles. The molecule has 0 heterocycles. The summed E-state index contributed by atoms with van der Waals surface area (Å²) in [4.78, 5) is 37.9. The second-order valence-electron chi connectivity index (χ2n) is 18.1. The predicted molar refractivity (Wildman–Crippen MR) is 247 cm³/mol. The van der Waals surface area contributed by atoms with Gasteiger partial charge in [0.05, 0.1) is 0 Å². The van der Waals surface area contributed by atoms with Crippen LogP contribution in [0.15, 0.2) is 0 Å². The molecule has 344 valence electrons. The molecule has 1 unspecified atom stereocenters. The number of unbranched alkanes of at least 4 members (excludes halogenated alkanes) is 33. The maximum Gasteiger partial charge on any atom is 0.306 e. The SMILES string of the molecule is CCCCCCCCCCCCCCCCCC(=O)OC[C@H](COC(=O)CCCCCCCCC(C)CC)OC(=O)CCCCCCCCCCCCCCCCC. The van der Waals surface area contributed by atoms with Crippen molar-refractivity contribution in [1.82, 2.24) is 0 Å². The average molecular weight is 821 g/mol. The molecule has 0 bridgehead atoms. The first-order valence-corrected chi connectivity index (χ1v) is 25.9. The van der Waals surface area contributed by atoms with E-state index in [9.17, 15) is 14.4 Å². The molecular weight excluding hydrogens is 721 g/mol. The van der Waals surface area contributed by atoms with Crippen LogP contribution in [0.5, 0.6) is 0 Å². The fourth-order valence-electron chi connectivity index (χ4n) is 7.83. The summed E-state index contributed by atoms with van der Waals surface area (Å²) in [5, 5.41) is 0. The van der Waals surface area contributed by atoms with Gasteiger partial charge in [0.25, 0.3) is 0 Å². The Labute approximate surface area is 361 Å². The molecule has 58 heavy (non-hydrogen) atoms. The van der Waals surface area contributed by atoms with Crippen molar-refractivity contribution in [2.75, 3.05) is 13.2 Å². The molecule has 0 rings (SSSR count). The minimum atomic E-state index is -0.761. The van der Waals surface area contributed by atoms with Crippen LogP contribution < -0.4 is 0 Å². The number of carbonyl (C=O) groups is 3. The topological polar surface area (TPSA) is 78.9 Å². The number of hydrogen-bond acceptors (Lipinski definition) is 6. The second kappa shape index (κ2) is 46.5. The van der Waals surface area contributed by atoms with Gasteiger partial charge in [-0.2, -0.15) is 0 Å². The van der Waals surface area contributed by atoms with Crippen LogP contribution in [-0.4, -0.2) is 37.2 Å². The van der Waals surface area contributed by atoms with E-state index in [1.165, 1.54) is 186 Å². The fourth-order valence-corrected chi connectivity index (χ4v) is 7.83. The Kier molecular flexibility index (Phi) is 45.2. The zero-order valence-electron chi connectivity index (χ0n) is 39.5. The zero-order chi connectivity index (χ0) is 42.4. The van der Waals surface area contributed by atoms with Crippen LogP contribution in [0.1, 0.15) is 291 Å². The molecule has 2 atom stereocenters. The van der Waals surface area contributed by atoms with Gasteiger partial charge in [-0.15, -0.1) is 0 Å². The monoisotopic (exact) mass is 821 g/mol. The Morgan fingerprint density at radius 1 is 0.345 bits per heavy atom. The van der Waals surface area contributed by atoms with Gasteiger partial charge in [0.2, 0.25) is 0 Å². The Hall–Kier alpha value is -1.59. The first-order valence-electron chi connectivity index (χ1n) is 25.9. The van der Waals surface area contributed by atoms with Crippen LogP contribution in [-0.2, 0) is 28.6 Å². The summed E-state index contributed by atoms with van der Waals surface area (Å²) in [5.74, 6) is -0.0328. The smallest absolute Gasteiger partial charge is 0.306 e. The highest BCUT2D eigenvalue weighted by Crippen LogP contribution is 2.17. The van der Waals surface area contributed by atoms with Gasteiger partial charge < -0.3 is 14.2 Å². The van der Waals surface area contributed by atoms with Crippen LogP contribution in [0.3, 0.4) is 0 Å². The number of carbonyl (C=O) groups excluding carboxylic acids is 3. The first-order chi connectivity index (χ1) is 28.4. The Morgan fingerprint density at radius 2 is 0.603 bits per heavy atom. The van der Waals surface area contributed by atoms with E-state index in [1.807, 2.05) is 0 Å². The molecule has 0 amide bonds. The van der Waals surface area contributed by atoms with Gasteiger partial charge in [0.1, 0.15) is 13.2 Å². The normalized spacial score (nSPS) is 12.4. The lowest BCUT2D eigenvalue weighted by Crippen LogP contribution is -2.30. The minimum absolute atomic E-state index is 0.0634. The molecule has 6 nitrogen and oxygen atoms in total. The lowest BCUT2D eigenvalue weighted by Gasteiger charge is -2.18. The number of ether oxygens (including phenoxy) is 3. The summed E-state index contributed by atoms with van der Waals surface area (Å²) in [6, 6.07) is 0. The molecule has 0 saturated carbocycles. The van der Waals surface area contributed by atoms with Gasteiger partial charge in [0.15, 0.2) is 6.10 Å². The average Bonchev–Trinajstić information content (AvgIpc) is 3.22. The second-order valence-corrected chi connectivity index (χ2v) is 18.1. The fraction of sp³-hybridized carbons (Fsp3) is 0.942. The van der Waals surface area contributed by atoms with Gasteiger partial charge >= 0.3 is 17.9 Å². The molecule has 0 fully saturated rings.